The zero-order chi connectivity index (χ0) is 16.2. The lowest BCUT2D eigenvalue weighted by Crippen LogP contribution is -2.37. The van der Waals surface area contributed by atoms with Crippen molar-refractivity contribution in [3.05, 3.63) is 59.7 Å². The van der Waals surface area contributed by atoms with Crippen LogP contribution in [0.15, 0.2) is 53.4 Å². The number of esters is 1. The van der Waals surface area contributed by atoms with Crippen molar-refractivity contribution in [2.75, 3.05) is 5.32 Å². The molecule has 0 aliphatic carbocycles. The molecule has 0 aromatic heterocycles. The molecule has 5 nitrogen and oxygen atoms in total. The molecule has 2 aromatic rings. The van der Waals surface area contributed by atoms with Crippen LogP contribution in [-0.4, -0.2) is 18.0 Å². The van der Waals surface area contributed by atoms with Crippen LogP contribution >= 0.6 is 11.8 Å². The SMILES string of the molecule is N#CSc1ccc(NC(=O)[C@@H]2Cc3ccccc3C(=O)O2)cc1. The van der Waals surface area contributed by atoms with E-state index in [9.17, 15) is 9.59 Å². The Morgan fingerprint density at radius 1 is 1.22 bits per heavy atom. The number of cyclic esters (lactones) is 1. The molecule has 0 unspecified atom stereocenters. The molecule has 0 fully saturated rings. The van der Waals surface area contributed by atoms with Crippen LogP contribution in [0, 0.1) is 10.7 Å². The summed E-state index contributed by atoms with van der Waals surface area (Å²) >= 11 is 1.05. The average Bonchev–Trinajstić information content (AvgIpc) is 2.57. The number of benzene rings is 2. The fourth-order valence-electron chi connectivity index (χ4n) is 2.36. The summed E-state index contributed by atoms with van der Waals surface area (Å²) < 4.78 is 5.21. The van der Waals surface area contributed by atoms with Crippen LogP contribution < -0.4 is 5.32 Å². The Kier molecular flexibility index (Phi) is 4.31. The van der Waals surface area contributed by atoms with Crippen molar-refractivity contribution < 1.29 is 14.3 Å². The lowest BCUT2D eigenvalue weighted by atomic mass is 9.98. The Bertz CT molecular complexity index is 796. The number of thiocyanates is 1. The summed E-state index contributed by atoms with van der Waals surface area (Å²) in [5.41, 5.74) is 1.91. The van der Waals surface area contributed by atoms with Crippen molar-refractivity contribution in [2.24, 2.45) is 0 Å². The molecule has 2 aromatic carbocycles. The van der Waals surface area contributed by atoms with Gasteiger partial charge in [0, 0.05) is 17.0 Å². The predicted molar refractivity (Wildman–Crippen MR) is 85.9 cm³/mol. The van der Waals surface area contributed by atoms with E-state index in [2.05, 4.69) is 5.32 Å². The molecule has 1 aliphatic heterocycles. The second-order valence-corrected chi connectivity index (χ2v) is 5.82. The molecular formula is C17H12N2O3S. The molecule has 1 atom stereocenters. The number of nitriles is 1. The first-order valence-corrected chi connectivity index (χ1v) is 7.75. The van der Waals surface area contributed by atoms with Gasteiger partial charge in [0.15, 0.2) is 6.10 Å². The van der Waals surface area contributed by atoms with Crippen molar-refractivity contribution in [2.45, 2.75) is 17.4 Å². The van der Waals surface area contributed by atoms with Crippen LogP contribution in [0.2, 0.25) is 0 Å². The second-order valence-electron chi connectivity index (χ2n) is 4.96. The number of ether oxygens (including phenoxy) is 1. The van der Waals surface area contributed by atoms with E-state index in [0.717, 1.165) is 22.2 Å². The number of hydrogen-bond acceptors (Lipinski definition) is 5. The molecule has 0 saturated carbocycles. The highest BCUT2D eigenvalue weighted by Gasteiger charge is 2.30. The van der Waals surface area contributed by atoms with Gasteiger partial charge >= 0.3 is 5.97 Å². The quantitative estimate of drug-likeness (QED) is 0.533. The Labute approximate surface area is 137 Å². The van der Waals surface area contributed by atoms with Gasteiger partial charge in [-0.2, -0.15) is 5.26 Å². The molecule has 23 heavy (non-hydrogen) atoms. The molecule has 0 bridgehead atoms. The summed E-state index contributed by atoms with van der Waals surface area (Å²) in [6, 6.07) is 14.0. The molecular weight excluding hydrogens is 312 g/mol. The van der Waals surface area contributed by atoms with Gasteiger partial charge in [-0.1, -0.05) is 18.2 Å². The van der Waals surface area contributed by atoms with Crippen LogP contribution in [0.4, 0.5) is 5.69 Å². The molecule has 0 spiro atoms. The maximum Gasteiger partial charge on any atom is 0.339 e. The predicted octanol–water partition coefficient (Wildman–Crippen LogP) is 2.98. The van der Waals surface area contributed by atoms with Crippen LogP contribution in [0.5, 0.6) is 0 Å². The largest absolute Gasteiger partial charge is 0.448 e. The van der Waals surface area contributed by atoms with Crippen LogP contribution in [-0.2, 0) is 16.0 Å². The topological polar surface area (TPSA) is 79.2 Å². The number of hydrogen-bond donors (Lipinski definition) is 1. The van der Waals surface area contributed by atoms with E-state index >= 15 is 0 Å². The standard InChI is InChI=1S/C17H12N2O3S/c18-10-23-13-7-5-12(6-8-13)19-16(20)15-9-11-3-1-2-4-14(11)17(21)22-15/h1-8,15H,9H2,(H,19,20)/t15-/m0/s1. The first kappa shape index (κ1) is 15.1. The van der Waals surface area contributed by atoms with Gasteiger partial charge in [-0.25, -0.2) is 4.79 Å². The minimum absolute atomic E-state index is 0.357. The number of anilines is 1. The van der Waals surface area contributed by atoms with Crippen molar-refractivity contribution in [3.63, 3.8) is 0 Å². The molecule has 114 valence electrons. The Morgan fingerprint density at radius 3 is 2.70 bits per heavy atom. The van der Waals surface area contributed by atoms with Crippen molar-refractivity contribution in [1.29, 1.82) is 5.26 Å². The number of nitrogens with zero attached hydrogens (tertiary/aromatic N) is 1. The van der Waals surface area contributed by atoms with Crippen LogP contribution in [0.1, 0.15) is 15.9 Å². The van der Waals surface area contributed by atoms with Gasteiger partial charge in [-0.3, -0.25) is 4.79 Å². The van der Waals surface area contributed by atoms with E-state index in [1.165, 1.54) is 0 Å². The third kappa shape index (κ3) is 3.35. The highest BCUT2D eigenvalue weighted by Crippen LogP contribution is 2.22. The number of nitrogens with one attached hydrogen (secondary N) is 1. The first-order valence-electron chi connectivity index (χ1n) is 6.93. The Morgan fingerprint density at radius 2 is 1.96 bits per heavy atom. The minimum Gasteiger partial charge on any atom is -0.448 e. The van der Waals surface area contributed by atoms with Crippen LogP contribution in [0.25, 0.3) is 0 Å². The molecule has 1 heterocycles. The number of amides is 1. The van der Waals surface area contributed by atoms with Gasteiger partial charge in [0.05, 0.1) is 5.56 Å². The lowest BCUT2D eigenvalue weighted by molar-refractivity contribution is -0.125. The maximum absolute atomic E-state index is 12.3. The molecule has 1 aliphatic rings. The fraction of sp³-hybridized carbons (Fsp3) is 0.118. The number of rotatable bonds is 3. The van der Waals surface area contributed by atoms with E-state index in [-0.39, 0.29) is 5.91 Å². The average molecular weight is 324 g/mol. The maximum atomic E-state index is 12.3. The summed E-state index contributed by atoms with van der Waals surface area (Å²) in [7, 11) is 0. The van der Waals surface area contributed by atoms with Crippen molar-refractivity contribution in [3.8, 4) is 5.40 Å². The van der Waals surface area contributed by atoms with E-state index in [1.54, 1.807) is 36.4 Å². The van der Waals surface area contributed by atoms with Crippen molar-refractivity contribution in [1.82, 2.24) is 0 Å². The second kappa shape index (κ2) is 6.55. The Balaban J connectivity index is 1.70. The number of thioether (sulfide) groups is 1. The summed E-state index contributed by atoms with van der Waals surface area (Å²) in [5, 5.41) is 13.3. The number of carbonyl (C=O) groups excluding carboxylic acids is 2. The lowest BCUT2D eigenvalue weighted by Gasteiger charge is -2.23. The number of fused-ring (bicyclic) bond motifs is 1. The molecule has 3 rings (SSSR count). The zero-order valence-corrected chi connectivity index (χ0v) is 12.8. The van der Waals surface area contributed by atoms with E-state index in [0.29, 0.717) is 17.7 Å². The van der Waals surface area contributed by atoms with E-state index in [1.807, 2.05) is 17.5 Å². The Hall–Kier alpha value is -2.78. The molecule has 6 heteroatoms. The normalized spacial score (nSPS) is 16.0. The van der Waals surface area contributed by atoms with Gasteiger partial charge in [-0.15, -0.1) is 0 Å². The van der Waals surface area contributed by atoms with Gasteiger partial charge in [0.2, 0.25) is 0 Å². The van der Waals surface area contributed by atoms with Gasteiger partial charge < -0.3 is 10.1 Å². The third-order valence-electron chi connectivity index (χ3n) is 3.47. The minimum atomic E-state index is -0.842. The zero-order valence-electron chi connectivity index (χ0n) is 12.0. The first-order chi connectivity index (χ1) is 11.2. The molecule has 1 N–H and O–H groups in total. The summed E-state index contributed by atoms with van der Waals surface area (Å²) in [6.07, 6.45) is -0.485. The van der Waals surface area contributed by atoms with E-state index in [4.69, 9.17) is 10.00 Å². The van der Waals surface area contributed by atoms with Crippen LogP contribution in [0.3, 0.4) is 0 Å². The smallest absolute Gasteiger partial charge is 0.339 e. The fourth-order valence-corrected chi connectivity index (χ4v) is 2.74. The van der Waals surface area contributed by atoms with Gasteiger partial charge in [0.1, 0.15) is 5.40 Å². The third-order valence-corrected chi connectivity index (χ3v) is 4.07. The summed E-state index contributed by atoms with van der Waals surface area (Å²) in [5.74, 6) is -0.846. The molecule has 1 amide bonds. The molecule has 0 radical (unpaired) electrons. The van der Waals surface area contributed by atoms with E-state index < -0.39 is 12.1 Å². The highest BCUT2D eigenvalue weighted by molar-refractivity contribution is 8.03. The van der Waals surface area contributed by atoms with Gasteiger partial charge in [0.25, 0.3) is 5.91 Å². The highest BCUT2D eigenvalue weighted by atomic mass is 32.2. The number of carbonyl (C=O) groups is 2. The van der Waals surface area contributed by atoms with Gasteiger partial charge in [-0.05, 0) is 47.7 Å². The summed E-state index contributed by atoms with van der Waals surface area (Å²) in [6.45, 7) is 0. The molecule has 0 saturated heterocycles. The summed E-state index contributed by atoms with van der Waals surface area (Å²) in [4.78, 5) is 25.0. The van der Waals surface area contributed by atoms with Crippen molar-refractivity contribution >= 4 is 29.3 Å². The monoisotopic (exact) mass is 324 g/mol.